The molecule has 0 aromatic heterocycles. The van der Waals surface area contributed by atoms with Crippen molar-refractivity contribution in [3.05, 3.63) is 72.3 Å². The maximum Gasteiger partial charge on any atom is 0.267 e. The first-order valence-electron chi connectivity index (χ1n) is 7.41. The number of hydrogen-bond donors (Lipinski definition) is 0. The van der Waals surface area contributed by atoms with Crippen LogP contribution in [0.15, 0.2) is 76.5 Å². The third-order valence-corrected chi connectivity index (χ3v) is 6.46. The van der Waals surface area contributed by atoms with Crippen LogP contribution in [0.5, 0.6) is 5.75 Å². The van der Waals surface area contributed by atoms with Gasteiger partial charge in [-0.05, 0) is 31.2 Å². The standard InChI is InChI=1S/C19H15O2PS/c1-13-9-11-14(12-10-13)23-18-8-4-6-16-15-5-2-3-7-17(15)21-22(20)19(16)18/h2-12,22H,1H3. The van der Waals surface area contributed by atoms with Crippen molar-refractivity contribution in [3.63, 3.8) is 0 Å². The first-order valence-corrected chi connectivity index (χ1v) is 9.55. The third kappa shape index (κ3) is 2.71. The van der Waals surface area contributed by atoms with E-state index in [4.69, 9.17) is 4.52 Å². The van der Waals surface area contributed by atoms with Gasteiger partial charge in [-0.25, -0.2) is 0 Å². The molecule has 0 saturated heterocycles. The fourth-order valence-electron chi connectivity index (χ4n) is 2.71. The van der Waals surface area contributed by atoms with Crippen molar-refractivity contribution < 1.29 is 9.09 Å². The summed E-state index contributed by atoms with van der Waals surface area (Å²) < 4.78 is 18.4. The Morgan fingerprint density at radius 2 is 1.61 bits per heavy atom. The molecule has 0 amide bonds. The lowest BCUT2D eigenvalue weighted by molar-refractivity contribution is 0.513. The van der Waals surface area contributed by atoms with E-state index >= 15 is 0 Å². The average Bonchev–Trinajstić information content (AvgIpc) is 2.57. The molecule has 1 unspecified atom stereocenters. The van der Waals surface area contributed by atoms with E-state index in [1.54, 1.807) is 11.8 Å². The molecule has 114 valence electrons. The summed E-state index contributed by atoms with van der Waals surface area (Å²) in [5.74, 6) is 0.710. The molecule has 0 bridgehead atoms. The normalized spacial score (nSPS) is 15.4. The van der Waals surface area contributed by atoms with Gasteiger partial charge in [0.2, 0.25) is 0 Å². The molecule has 1 atom stereocenters. The van der Waals surface area contributed by atoms with Gasteiger partial charge in [0.15, 0.2) is 0 Å². The maximum absolute atomic E-state index is 12.7. The molecule has 0 N–H and O–H groups in total. The smallest absolute Gasteiger partial charge is 0.267 e. The van der Waals surface area contributed by atoms with Crippen LogP contribution in [0.25, 0.3) is 11.1 Å². The Balaban J connectivity index is 1.82. The van der Waals surface area contributed by atoms with Crippen LogP contribution in [0.2, 0.25) is 0 Å². The van der Waals surface area contributed by atoms with Crippen molar-refractivity contribution in [1.82, 2.24) is 0 Å². The minimum Gasteiger partial charge on any atom is -0.441 e. The number of fused-ring (bicyclic) bond motifs is 3. The van der Waals surface area contributed by atoms with Crippen LogP contribution in [0.1, 0.15) is 5.56 Å². The Morgan fingerprint density at radius 1 is 0.870 bits per heavy atom. The molecule has 0 aliphatic carbocycles. The minimum absolute atomic E-state index is 0.710. The summed E-state index contributed by atoms with van der Waals surface area (Å²) >= 11 is 1.63. The zero-order valence-corrected chi connectivity index (χ0v) is 14.4. The number of para-hydroxylation sites is 1. The number of benzene rings is 3. The fraction of sp³-hybridized carbons (Fsp3) is 0.0526. The van der Waals surface area contributed by atoms with Crippen LogP contribution in [-0.4, -0.2) is 0 Å². The van der Waals surface area contributed by atoms with Gasteiger partial charge in [0, 0.05) is 20.9 Å². The van der Waals surface area contributed by atoms with Gasteiger partial charge in [-0.2, -0.15) is 0 Å². The topological polar surface area (TPSA) is 26.3 Å². The zero-order chi connectivity index (χ0) is 15.8. The number of hydrogen-bond acceptors (Lipinski definition) is 3. The molecule has 1 aliphatic heterocycles. The first-order chi connectivity index (χ1) is 11.2. The van der Waals surface area contributed by atoms with Crippen molar-refractivity contribution in [2.75, 3.05) is 0 Å². The summed E-state index contributed by atoms with van der Waals surface area (Å²) in [4.78, 5) is 2.14. The minimum atomic E-state index is -2.29. The number of rotatable bonds is 2. The van der Waals surface area contributed by atoms with Gasteiger partial charge in [-0.3, -0.25) is 4.57 Å². The predicted molar refractivity (Wildman–Crippen MR) is 96.4 cm³/mol. The molecular formula is C19H15O2PS. The molecule has 0 fully saturated rings. The molecule has 0 saturated carbocycles. The molecule has 3 aromatic rings. The second-order valence-electron chi connectivity index (χ2n) is 5.48. The van der Waals surface area contributed by atoms with Crippen molar-refractivity contribution in [3.8, 4) is 16.9 Å². The van der Waals surface area contributed by atoms with Gasteiger partial charge < -0.3 is 4.52 Å². The Labute approximate surface area is 140 Å². The first kappa shape index (κ1) is 14.6. The molecule has 4 heteroatoms. The molecule has 0 radical (unpaired) electrons. The van der Waals surface area contributed by atoms with E-state index in [1.165, 1.54) is 5.56 Å². The number of aryl methyl sites for hydroxylation is 1. The van der Waals surface area contributed by atoms with Crippen LogP contribution in [0, 0.1) is 6.92 Å². The highest BCUT2D eigenvalue weighted by Crippen LogP contribution is 2.45. The van der Waals surface area contributed by atoms with E-state index in [2.05, 4.69) is 31.2 Å². The summed E-state index contributed by atoms with van der Waals surface area (Å²) in [5.41, 5.74) is 3.27. The summed E-state index contributed by atoms with van der Waals surface area (Å²) in [6, 6.07) is 22.2. The summed E-state index contributed by atoms with van der Waals surface area (Å²) in [6.45, 7) is 2.07. The molecule has 3 aromatic carbocycles. The predicted octanol–water partition coefficient (Wildman–Crippen LogP) is 5.31. The average molecular weight is 338 g/mol. The lowest BCUT2D eigenvalue weighted by atomic mass is 10.0. The van der Waals surface area contributed by atoms with Crippen LogP contribution in [0.4, 0.5) is 0 Å². The highest BCUT2D eigenvalue weighted by molar-refractivity contribution is 7.99. The summed E-state index contributed by atoms with van der Waals surface area (Å²) in [5, 5.41) is 0.835. The highest BCUT2D eigenvalue weighted by Gasteiger charge is 2.25. The molecule has 0 spiro atoms. The van der Waals surface area contributed by atoms with E-state index in [9.17, 15) is 4.57 Å². The SMILES string of the molecule is Cc1ccc(Sc2cccc3c2[PH](=O)Oc2ccccc2-3)cc1. The third-order valence-electron chi connectivity index (χ3n) is 3.86. The van der Waals surface area contributed by atoms with Gasteiger partial charge in [-0.1, -0.05) is 59.8 Å². The van der Waals surface area contributed by atoms with E-state index in [1.807, 2.05) is 42.5 Å². The van der Waals surface area contributed by atoms with E-state index in [0.717, 1.165) is 26.2 Å². The lowest BCUT2D eigenvalue weighted by Crippen LogP contribution is -2.12. The molecule has 2 nitrogen and oxygen atoms in total. The summed E-state index contributed by atoms with van der Waals surface area (Å²) in [6.07, 6.45) is 0. The lowest BCUT2D eigenvalue weighted by Gasteiger charge is -2.22. The van der Waals surface area contributed by atoms with Gasteiger partial charge in [0.1, 0.15) is 5.75 Å². The van der Waals surface area contributed by atoms with E-state index in [-0.39, 0.29) is 0 Å². The second-order valence-corrected chi connectivity index (χ2v) is 7.87. The Bertz CT molecular complexity index is 903. The molecular weight excluding hydrogens is 323 g/mol. The van der Waals surface area contributed by atoms with Gasteiger partial charge in [0.05, 0.1) is 5.30 Å². The van der Waals surface area contributed by atoms with Gasteiger partial charge in [-0.15, -0.1) is 0 Å². The molecule has 4 rings (SSSR count). The quantitative estimate of drug-likeness (QED) is 0.593. The monoisotopic (exact) mass is 338 g/mol. The second kappa shape index (κ2) is 5.92. The zero-order valence-electron chi connectivity index (χ0n) is 12.6. The molecule has 1 aliphatic rings. The molecule has 1 heterocycles. The fourth-order valence-corrected chi connectivity index (χ4v) is 5.20. The summed E-state index contributed by atoms with van der Waals surface area (Å²) in [7, 11) is -2.29. The van der Waals surface area contributed by atoms with Crippen LogP contribution in [0.3, 0.4) is 0 Å². The van der Waals surface area contributed by atoms with Crippen molar-refractivity contribution >= 4 is 25.1 Å². The Kier molecular flexibility index (Phi) is 3.76. The van der Waals surface area contributed by atoms with Gasteiger partial charge >= 0.3 is 0 Å². The largest absolute Gasteiger partial charge is 0.441 e. The maximum atomic E-state index is 12.7. The molecule has 23 heavy (non-hydrogen) atoms. The van der Waals surface area contributed by atoms with Crippen LogP contribution in [-0.2, 0) is 4.57 Å². The van der Waals surface area contributed by atoms with Gasteiger partial charge in [0.25, 0.3) is 8.03 Å². The van der Waals surface area contributed by atoms with E-state index in [0.29, 0.717) is 5.75 Å². The Hall–Kier alpha value is -1.96. The van der Waals surface area contributed by atoms with Crippen molar-refractivity contribution in [2.24, 2.45) is 0 Å². The van der Waals surface area contributed by atoms with Crippen LogP contribution >= 0.6 is 19.8 Å². The van der Waals surface area contributed by atoms with E-state index < -0.39 is 8.03 Å². The van der Waals surface area contributed by atoms with Crippen LogP contribution < -0.4 is 9.83 Å². The van der Waals surface area contributed by atoms with Crippen molar-refractivity contribution in [1.29, 1.82) is 0 Å². The van der Waals surface area contributed by atoms with Crippen molar-refractivity contribution in [2.45, 2.75) is 16.7 Å². The Morgan fingerprint density at radius 3 is 2.43 bits per heavy atom. The highest BCUT2D eigenvalue weighted by atomic mass is 32.2.